The number of unbranched alkanes of at least 4 members (excludes halogenated alkanes) is 1. The lowest BCUT2D eigenvalue weighted by molar-refractivity contribution is -0.156. The van der Waals surface area contributed by atoms with E-state index in [1.54, 1.807) is 44.2 Å². The standard InChI is InChI=1S/C60H103N17O16/c1-7-33(4)13-11-12-16-46(79)68-38(17-23-61)54(86)77-49(35(6)93-60(92)37(66)31-47(80)81)59(91)73-41(20-26-64)51(83)72-43-22-28-67-58(90)48(34(5)78)76-55(87)42(21-27-65)70-50(82)39(18-24-62)71-56(88)44(29-32(2)3)74-57(89)45(30-36-14-9-8-10-15-36)75-52(84)40(19-25-63)69-53(43)85/h8-10,14-15,32-35,37-45,48-49,78H,7,11-13,16-31,61-66H2,1-6H3,(H,67,90)(H,68,79)(H,69,85)(H,70,82)(H,71,88)(H,72,83)(H,73,91)(H,74,89)(H,75,84)(H,76,87)(H,77,86)(H,80,81)/t33-,34+,35+,37-,38-,39-,40-,41-,42-,43-,44-,45+,48-,49-/m0/s1. The molecule has 33 heteroatoms. The van der Waals surface area contributed by atoms with Crippen molar-refractivity contribution in [2.45, 2.75) is 210 Å². The van der Waals surface area contributed by atoms with E-state index in [1.165, 1.54) is 6.92 Å². The molecule has 0 aliphatic carbocycles. The normalized spacial score (nSPS) is 22.2. The first-order valence-corrected chi connectivity index (χ1v) is 31.7. The Labute approximate surface area is 542 Å². The second kappa shape index (κ2) is 43.0. The summed E-state index contributed by atoms with van der Waals surface area (Å²) in [5, 5.41) is 48.0. The van der Waals surface area contributed by atoms with Gasteiger partial charge in [0.25, 0.3) is 0 Å². The Balaban J connectivity index is 2.79. The smallest absolute Gasteiger partial charge is 0.323 e. The van der Waals surface area contributed by atoms with Gasteiger partial charge in [-0.15, -0.1) is 0 Å². The summed E-state index contributed by atoms with van der Waals surface area (Å²) in [6, 6.07) is -8.94. The van der Waals surface area contributed by atoms with E-state index in [1.807, 2.05) is 0 Å². The highest BCUT2D eigenvalue weighted by Gasteiger charge is 2.39. The van der Waals surface area contributed by atoms with Crippen LogP contribution in [-0.2, 0) is 73.5 Å². The first-order valence-electron chi connectivity index (χ1n) is 31.7. The quantitative estimate of drug-likeness (QED) is 0.0230. The van der Waals surface area contributed by atoms with Crippen molar-refractivity contribution >= 4 is 76.9 Å². The van der Waals surface area contributed by atoms with E-state index in [9.17, 15) is 72.5 Å². The number of aliphatic hydroxyl groups is 1. The summed E-state index contributed by atoms with van der Waals surface area (Å²) in [6.07, 6.45) is -2.88. The van der Waals surface area contributed by atoms with Gasteiger partial charge in [0.15, 0.2) is 0 Å². The third-order valence-corrected chi connectivity index (χ3v) is 15.2. The van der Waals surface area contributed by atoms with E-state index >= 15 is 0 Å². The third kappa shape index (κ3) is 29.7. The number of ether oxygens (including phenoxy) is 1. The fourth-order valence-corrected chi connectivity index (χ4v) is 9.72. The number of carboxylic acid groups (broad SMARTS) is 1. The topological polar surface area (TPSA) is 560 Å². The molecule has 93 heavy (non-hydrogen) atoms. The Kier molecular flexibility index (Phi) is 37.6. The maximum atomic E-state index is 14.7. The van der Waals surface area contributed by atoms with Crippen molar-refractivity contribution in [1.29, 1.82) is 0 Å². The number of amides is 11. The first-order chi connectivity index (χ1) is 44.0. The average Bonchev–Trinajstić information content (AvgIpc) is 1.11. The highest BCUT2D eigenvalue weighted by molar-refractivity contribution is 5.99. The Morgan fingerprint density at radius 3 is 1.62 bits per heavy atom. The number of nitrogens with one attached hydrogen (secondary N) is 11. The maximum Gasteiger partial charge on any atom is 0.323 e. The molecular weight excluding hydrogens is 1210 g/mol. The molecule has 25 N–H and O–H groups in total. The van der Waals surface area contributed by atoms with Gasteiger partial charge < -0.3 is 108 Å². The fraction of sp³-hybridized carbons (Fsp3) is 0.683. The van der Waals surface area contributed by atoms with Gasteiger partial charge in [-0.25, -0.2) is 0 Å². The number of aliphatic hydroxyl groups excluding tert-OH is 1. The van der Waals surface area contributed by atoms with Crippen molar-refractivity contribution < 1.29 is 77.3 Å². The highest BCUT2D eigenvalue weighted by Crippen LogP contribution is 2.15. The molecule has 0 aromatic heterocycles. The molecule has 0 saturated carbocycles. The molecule has 1 saturated heterocycles. The van der Waals surface area contributed by atoms with Crippen LogP contribution in [0.15, 0.2) is 30.3 Å². The van der Waals surface area contributed by atoms with Crippen LogP contribution in [0.5, 0.6) is 0 Å². The van der Waals surface area contributed by atoms with Crippen LogP contribution in [-0.4, -0.2) is 205 Å². The fourth-order valence-electron chi connectivity index (χ4n) is 9.72. The molecule has 33 nitrogen and oxygen atoms in total. The van der Waals surface area contributed by atoms with Crippen LogP contribution in [0.4, 0.5) is 0 Å². The first kappa shape index (κ1) is 81.1. The third-order valence-electron chi connectivity index (χ3n) is 15.2. The molecule has 14 atom stereocenters. The largest absolute Gasteiger partial charge is 0.481 e. The van der Waals surface area contributed by atoms with Gasteiger partial charge in [0.2, 0.25) is 65.0 Å². The van der Waals surface area contributed by atoms with Gasteiger partial charge in [-0.1, -0.05) is 77.3 Å². The van der Waals surface area contributed by atoms with Crippen LogP contribution in [0.3, 0.4) is 0 Å². The number of benzene rings is 1. The molecule has 524 valence electrons. The van der Waals surface area contributed by atoms with E-state index < -0.39 is 175 Å². The van der Waals surface area contributed by atoms with Gasteiger partial charge >= 0.3 is 11.9 Å². The minimum Gasteiger partial charge on any atom is -0.481 e. The predicted octanol–water partition coefficient (Wildman–Crippen LogP) is -5.89. The highest BCUT2D eigenvalue weighted by atomic mass is 16.5. The Hall–Kier alpha value is -7.95. The van der Waals surface area contributed by atoms with Gasteiger partial charge in [0.05, 0.1) is 12.5 Å². The van der Waals surface area contributed by atoms with Crippen molar-refractivity contribution in [3.05, 3.63) is 35.9 Å². The molecule has 2 rings (SSSR count). The number of aliphatic carboxylic acids is 1. The summed E-state index contributed by atoms with van der Waals surface area (Å²) in [6.45, 7) is 8.48. The molecule has 1 aliphatic heterocycles. The van der Waals surface area contributed by atoms with E-state index in [4.69, 9.17) is 39.1 Å². The molecular formula is C60H103N17O16. The van der Waals surface area contributed by atoms with Crippen molar-refractivity contribution in [2.75, 3.05) is 39.3 Å². The Morgan fingerprint density at radius 1 is 0.602 bits per heavy atom. The molecule has 11 amide bonds. The summed E-state index contributed by atoms with van der Waals surface area (Å²) >= 11 is 0. The lowest BCUT2D eigenvalue weighted by atomic mass is 10.00. The van der Waals surface area contributed by atoms with Crippen LogP contribution in [0.2, 0.25) is 0 Å². The molecule has 1 aromatic carbocycles. The lowest BCUT2D eigenvalue weighted by Gasteiger charge is -2.30. The minimum atomic E-state index is -1.92. The summed E-state index contributed by atoms with van der Waals surface area (Å²) in [7, 11) is 0. The number of carboxylic acids is 1. The van der Waals surface area contributed by atoms with Crippen molar-refractivity contribution in [3.8, 4) is 0 Å². The Morgan fingerprint density at radius 2 is 1.11 bits per heavy atom. The predicted molar refractivity (Wildman–Crippen MR) is 340 cm³/mol. The molecule has 1 aliphatic rings. The molecule has 0 spiro atoms. The monoisotopic (exact) mass is 1320 g/mol. The number of hydrogen-bond donors (Lipinski definition) is 19. The molecule has 1 fully saturated rings. The van der Waals surface area contributed by atoms with Gasteiger partial charge in [-0.3, -0.25) is 62.3 Å². The van der Waals surface area contributed by atoms with E-state index in [0.29, 0.717) is 17.9 Å². The van der Waals surface area contributed by atoms with Crippen LogP contribution >= 0.6 is 0 Å². The SMILES string of the molecule is CC[C@H](C)CCCCC(=O)N[C@@H](CCN)C(=O)N[C@H](C(=O)N[C@@H](CCN)C(=O)N[C@H]1CCNC(=O)[C@H]([C@@H](C)O)NC(=O)[C@H](CCN)NC(=O)[C@H](CCN)NC(=O)[C@H](CC(C)C)NC(=O)[C@@H](Cc2ccccc2)NC(=O)[C@H](CCN)NC1=O)[C@@H](C)OC(=O)[C@@H](N)CC(=O)O. The second-order valence-electron chi connectivity index (χ2n) is 23.7. The second-order valence-corrected chi connectivity index (χ2v) is 23.7. The summed E-state index contributed by atoms with van der Waals surface area (Å²) in [5.41, 5.74) is 35.8. The Bertz CT molecular complexity index is 2620. The van der Waals surface area contributed by atoms with Crippen molar-refractivity contribution in [3.63, 3.8) is 0 Å². The van der Waals surface area contributed by atoms with Crippen LogP contribution in [0.25, 0.3) is 0 Å². The van der Waals surface area contributed by atoms with E-state index in [2.05, 4.69) is 72.3 Å². The number of esters is 1. The zero-order valence-corrected chi connectivity index (χ0v) is 54.3. The molecule has 0 radical (unpaired) electrons. The average molecular weight is 1320 g/mol. The number of rotatable bonds is 33. The van der Waals surface area contributed by atoms with Gasteiger partial charge in [0.1, 0.15) is 72.6 Å². The molecule has 0 unspecified atom stereocenters. The minimum absolute atomic E-state index is 0.0168. The number of carbonyl (C=O) groups excluding carboxylic acids is 12. The maximum absolute atomic E-state index is 14.7. The van der Waals surface area contributed by atoms with Crippen molar-refractivity contribution in [1.82, 2.24) is 58.5 Å². The van der Waals surface area contributed by atoms with Gasteiger partial charge in [-0.05, 0) is 115 Å². The number of carbonyl (C=O) groups is 13. The van der Waals surface area contributed by atoms with Crippen LogP contribution in [0.1, 0.15) is 131 Å². The lowest BCUT2D eigenvalue weighted by Crippen LogP contribution is -2.62. The van der Waals surface area contributed by atoms with Crippen LogP contribution in [0, 0.1) is 11.8 Å². The zero-order valence-electron chi connectivity index (χ0n) is 54.3. The van der Waals surface area contributed by atoms with E-state index in [0.717, 1.165) is 26.2 Å². The number of nitrogens with two attached hydrogens (primary N) is 6. The zero-order chi connectivity index (χ0) is 69.9. The number of hydrogen-bond acceptors (Lipinski definition) is 21. The summed E-state index contributed by atoms with van der Waals surface area (Å²) < 4.78 is 5.39. The molecule has 1 aromatic rings. The molecule has 0 bridgehead atoms. The van der Waals surface area contributed by atoms with Gasteiger partial charge in [-0.2, -0.15) is 0 Å². The van der Waals surface area contributed by atoms with E-state index in [-0.39, 0.29) is 90.0 Å². The summed E-state index contributed by atoms with van der Waals surface area (Å²) in [5.74, 6) is -13.0. The van der Waals surface area contributed by atoms with Crippen LogP contribution < -0.4 is 92.9 Å². The molecule has 1 heterocycles. The van der Waals surface area contributed by atoms with Crippen molar-refractivity contribution in [2.24, 2.45) is 46.2 Å². The summed E-state index contributed by atoms with van der Waals surface area (Å²) in [4.78, 5) is 180. The van der Waals surface area contributed by atoms with Gasteiger partial charge in [0, 0.05) is 19.4 Å².